The van der Waals surface area contributed by atoms with E-state index in [-0.39, 0.29) is 29.5 Å². The van der Waals surface area contributed by atoms with E-state index in [1.165, 1.54) is 29.9 Å². The average molecular weight is 391 g/mol. The number of rotatable bonds is 9. The van der Waals surface area contributed by atoms with Gasteiger partial charge in [-0.3, -0.25) is 0 Å². The van der Waals surface area contributed by atoms with E-state index in [0.717, 1.165) is 16.9 Å². The van der Waals surface area contributed by atoms with Crippen LogP contribution < -0.4 is 4.72 Å². The molecule has 7 nitrogen and oxygen atoms in total. The Labute approximate surface area is 147 Å². The van der Waals surface area contributed by atoms with Crippen LogP contribution in [-0.4, -0.2) is 46.4 Å². The van der Waals surface area contributed by atoms with Crippen molar-refractivity contribution in [3.8, 4) is 0 Å². The number of thiophene rings is 2. The third kappa shape index (κ3) is 4.62. The minimum absolute atomic E-state index is 0.0183. The van der Waals surface area contributed by atoms with Crippen molar-refractivity contribution < 1.29 is 27.8 Å². The topological polar surface area (TPSA) is 102 Å². The molecule has 0 fully saturated rings. The molecule has 1 atom stereocenters. The maximum atomic E-state index is 12.5. The first kappa shape index (κ1) is 19.0. The first-order valence-corrected chi connectivity index (χ1v) is 10.2. The molecular weight excluding hydrogens is 374 g/mol. The molecule has 0 spiro atoms. The van der Waals surface area contributed by atoms with Gasteiger partial charge in [-0.05, 0) is 33.8 Å². The Balaban J connectivity index is 2.13. The van der Waals surface area contributed by atoms with Crippen molar-refractivity contribution >= 4 is 38.7 Å². The summed E-state index contributed by atoms with van der Waals surface area (Å²) in [5.74, 6) is -0.698. The predicted octanol–water partition coefficient (Wildman–Crippen LogP) is 1.62. The van der Waals surface area contributed by atoms with Gasteiger partial charge in [0.15, 0.2) is 0 Å². The van der Waals surface area contributed by atoms with Gasteiger partial charge >= 0.3 is 5.97 Å². The highest BCUT2D eigenvalue weighted by molar-refractivity contribution is 7.89. The molecule has 2 aromatic heterocycles. The van der Waals surface area contributed by atoms with Crippen LogP contribution in [0.3, 0.4) is 0 Å². The number of hydrogen-bond acceptors (Lipinski definition) is 8. The molecule has 0 bridgehead atoms. The fourth-order valence-corrected chi connectivity index (χ4v) is 5.01. The van der Waals surface area contributed by atoms with Crippen molar-refractivity contribution in [2.24, 2.45) is 0 Å². The van der Waals surface area contributed by atoms with Gasteiger partial charge in [0.25, 0.3) is 0 Å². The van der Waals surface area contributed by atoms with Crippen LogP contribution in [-0.2, 0) is 19.5 Å². The number of aliphatic hydroxyl groups is 1. The molecule has 0 aliphatic heterocycles. The van der Waals surface area contributed by atoms with Crippen LogP contribution in [0.1, 0.15) is 21.3 Å². The largest absolute Gasteiger partial charge is 0.465 e. The zero-order chi connectivity index (χ0) is 17.6. The fourth-order valence-electron chi connectivity index (χ4n) is 1.94. The standard InChI is InChI=1S/C14H17NO6S3/c1-20-14(17)13-12(3-7-23-13)24(18,19)15-8-11(21-5-4-16)10-2-6-22-9-10/h2-3,6-7,9,11,15-16H,4-5,8H2,1H3. The maximum absolute atomic E-state index is 12.5. The molecule has 0 amide bonds. The molecule has 10 heteroatoms. The van der Waals surface area contributed by atoms with Gasteiger partial charge in [0.1, 0.15) is 9.77 Å². The predicted molar refractivity (Wildman–Crippen MR) is 90.9 cm³/mol. The molecule has 0 saturated carbocycles. The van der Waals surface area contributed by atoms with E-state index in [4.69, 9.17) is 9.84 Å². The smallest absolute Gasteiger partial charge is 0.349 e. The van der Waals surface area contributed by atoms with Crippen molar-refractivity contribution in [1.82, 2.24) is 4.72 Å². The Morgan fingerprint density at radius 1 is 1.38 bits per heavy atom. The molecule has 0 saturated heterocycles. The molecule has 0 radical (unpaired) electrons. The third-order valence-corrected chi connectivity index (χ3v) is 6.26. The molecule has 132 valence electrons. The monoisotopic (exact) mass is 391 g/mol. The number of ether oxygens (including phenoxy) is 2. The molecule has 2 aromatic rings. The summed E-state index contributed by atoms with van der Waals surface area (Å²) in [6.07, 6.45) is -0.529. The molecular formula is C14H17NO6S3. The van der Waals surface area contributed by atoms with Crippen LogP contribution in [0.15, 0.2) is 33.2 Å². The normalized spacial score (nSPS) is 12.9. The second-order valence-electron chi connectivity index (χ2n) is 4.60. The highest BCUT2D eigenvalue weighted by atomic mass is 32.2. The highest BCUT2D eigenvalue weighted by Gasteiger charge is 2.26. The number of nitrogens with one attached hydrogen (secondary N) is 1. The van der Waals surface area contributed by atoms with Gasteiger partial charge in [0, 0.05) is 6.54 Å². The number of esters is 1. The summed E-state index contributed by atoms with van der Waals surface area (Å²) in [6.45, 7) is -0.0893. The van der Waals surface area contributed by atoms with Gasteiger partial charge in [-0.15, -0.1) is 11.3 Å². The fraction of sp³-hybridized carbons (Fsp3) is 0.357. The molecule has 2 heterocycles. The van der Waals surface area contributed by atoms with Crippen molar-refractivity contribution in [3.63, 3.8) is 0 Å². The number of aliphatic hydroxyl groups excluding tert-OH is 1. The Morgan fingerprint density at radius 2 is 2.17 bits per heavy atom. The Kier molecular flexibility index (Phi) is 6.90. The van der Waals surface area contributed by atoms with Crippen molar-refractivity contribution in [1.29, 1.82) is 0 Å². The lowest BCUT2D eigenvalue weighted by atomic mass is 10.2. The molecule has 0 aliphatic rings. The zero-order valence-electron chi connectivity index (χ0n) is 12.8. The van der Waals surface area contributed by atoms with E-state index in [2.05, 4.69) is 9.46 Å². The SMILES string of the molecule is COC(=O)c1sccc1S(=O)(=O)NCC(OCCO)c1ccsc1. The minimum Gasteiger partial charge on any atom is -0.465 e. The molecule has 0 aromatic carbocycles. The zero-order valence-corrected chi connectivity index (χ0v) is 15.2. The summed E-state index contributed by atoms with van der Waals surface area (Å²) in [6, 6.07) is 3.18. The quantitative estimate of drug-likeness (QED) is 0.630. The molecule has 24 heavy (non-hydrogen) atoms. The van der Waals surface area contributed by atoms with E-state index in [9.17, 15) is 13.2 Å². The summed E-state index contributed by atoms with van der Waals surface area (Å²) in [7, 11) is -2.70. The van der Waals surface area contributed by atoms with Gasteiger partial charge in [-0.1, -0.05) is 0 Å². The van der Waals surface area contributed by atoms with Crippen LogP contribution in [0.25, 0.3) is 0 Å². The molecule has 0 aliphatic carbocycles. The Bertz CT molecular complexity index is 753. The summed E-state index contributed by atoms with van der Waals surface area (Å²) >= 11 is 2.46. The summed E-state index contributed by atoms with van der Waals surface area (Å²) in [5, 5.41) is 14.1. The second kappa shape index (κ2) is 8.70. The molecule has 2 N–H and O–H groups in total. The van der Waals surface area contributed by atoms with E-state index in [1.54, 1.807) is 0 Å². The Hall–Kier alpha value is -1.30. The number of hydrogen-bond donors (Lipinski definition) is 2. The second-order valence-corrected chi connectivity index (χ2v) is 8.03. The van der Waals surface area contributed by atoms with Crippen LogP contribution in [0.4, 0.5) is 0 Å². The Morgan fingerprint density at radius 3 is 2.79 bits per heavy atom. The minimum atomic E-state index is -3.89. The van der Waals surface area contributed by atoms with E-state index in [0.29, 0.717) is 0 Å². The van der Waals surface area contributed by atoms with Crippen molar-refractivity contribution in [2.75, 3.05) is 26.9 Å². The van der Waals surface area contributed by atoms with Gasteiger partial charge in [0.05, 0.1) is 26.4 Å². The number of sulfonamides is 1. The molecule has 1 unspecified atom stereocenters. The maximum Gasteiger partial charge on any atom is 0.349 e. The lowest BCUT2D eigenvalue weighted by Crippen LogP contribution is -2.30. The third-order valence-electron chi connectivity index (χ3n) is 3.07. The summed E-state index contributed by atoms with van der Waals surface area (Å²) < 4.78 is 37.5. The van der Waals surface area contributed by atoms with E-state index in [1.807, 2.05) is 16.8 Å². The number of carbonyl (C=O) groups is 1. The van der Waals surface area contributed by atoms with Crippen LogP contribution in [0.2, 0.25) is 0 Å². The van der Waals surface area contributed by atoms with Gasteiger partial charge in [0.2, 0.25) is 10.0 Å². The van der Waals surface area contributed by atoms with Crippen LogP contribution in [0, 0.1) is 0 Å². The van der Waals surface area contributed by atoms with Gasteiger partial charge in [-0.2, -0.15) is 11.3 Å². The number of carbonyl (C=O) groups excluding carboxylic acids is 1. The average Bonchev–Trinajstić information content (AvgIpc) is 3.25. The van der Waals surface area contributed by atoms with Crippen molar-refractivity contribution in [3.05, 3.63) is 38.7 Å². The molecule has 2 rings (SSSR count). The van der Waals surface area contributed by atoms with Crippen molar-refractivity contribution in [2.45, 2.75) is 11.0 Å². The van der Waals surface area contributed by atoms with Gasteiger partial charge in [-0.25, -0.2) is 17.9 Å². The lowest BCUT2D eigenvalue weighted by molar-refractivity contribution is 0.0311. The lowest BCUT2D eigenvalue weighted by Gasteiger charge is -2.17. The summed E-state index contributed by atoms with van der Waals surface area (Å²) in [4.78, 5) is 11.6. The summed E-state index contributed by atoms with van der Waals surface area (Å²) in [5.41, 5.74) is 0.815. The highest BCUT2D eigenvalue weighted by Crippen LogP contribution is 2.24. The first-order valence-electron chi connectivity index (χ1n) is 6.89. The van der Waals surface area contributed by atoms with Crippen LogP contribution >= 0.6 is 22.7 Å². The van der Waals surface area contributed by atoms with E-state index >= 15 is 0 Å². The number of methoxy groups -OCH3 is 1. The van der Waals surface area contributed by atoms with E-state index < -0.39 is 22.1 Å². The van der Waals surface area contributed by atoms with Crippen LogP contribution in [0.5, 0.6) is 0 Å². The van der Waals surface area contributed by atoms with Gasteiger partial charge < -0.3 is 14.6 Å². The first-order chi connectivity index (χ1) is 11.5.